The van der Waals surface area contributed by atoms with E-state index in [9.17, 15) is 9.18 Å². The number of fused-ring (bicyclic) bond motifs is 1. The number of hydrogen-bond donors (Lipinski definition) is 0. The Morgan fingerprint density at radius 2 is 1.83 bits per heavy atom. The summed E-state index contributed by atoms with van der Waals surface area (Å²) in [6.45, 7) is 0.375. The highest BCUT2D eigenvalue weighted by Crippen LogP contribution is 2.32. The number of hydrogen-bond acceptors (Lipinski definition) is 5. The molecule has 4 rings (SSSR count). The molecule has 0 aliphatic rings. The molecule has 0 saturated heterocycles. The maximum Gasteiger partial charge on any atom is 0.233 e. The van der Waals surface area contributed by atoms with Gasteiger partial charge in [0, 0.05) is 18.5 Å². The zero-order valence-corrected chi connectivity index (χ0v) is 16.5. The van der Waals surface area contributed by atoms with Gasteiger partial charge < -0.3 is 4.74 Å². The van der Waals surface area contributed by atoms with Crippen LogP contribution in [0.5, 0.6) is 5.75 Å². The lowest BCUT2D eigenvalue weighted by molar-refractivity contribution is -0.118. The number of rotatable bonds is 6. The van der Waals surface area contributed by atoms with E-state index in [4.69, 9.17) is 4.74 Å². The van der Waals surface area contributed by atoms with E-state index in [1.54, 1.807) is 36.5 Å². The van der Waals surface area contributed by atoms with Crippen LogP contribution in [0.4, 0.5) is 9.52 Å². The molecule has 5 nitrogen and oxygen atoms in total. The standard InChI is InChI=1S/C22H18FN3O2S/c1-28-18-6-7-20-19(13-18)25-22(29-20)26(14-16-8-10-24-11-9-16)21(27)12-15-2-4-17(23)5-3-15/h2-11,13H,12,14H2,1H3. The van der Waals surface area contributed by atoms with Crippen LogP contribution in [0.25, 0.3) is 10.2 Å². The molecule has 2 aromatic heterocycles. The molecule has 0 radical (unpaired) electrons. The number of thiazole rings is 1. The fraction of sp³-hybridized carbons (Fsp3) is 0.136. The van der Waals surface area contributed by atoms with Gasteiger partial charge in [0.2, 0.25) is 5.91 Å². The number of carbonyl (C=O) groups is 1. The number of pyridine rings is 1. The number of aromatic nitrogens is 2. The van der Waals surface area contributed by atoms with Gasteiger partial charge in [0.1, 0.15) is 11.6 Å². The first-order valence-electron chi connectivity index (χ1n) is 9.00. The van der Waals surface area contributed by atoms with Crippen LogP contribution >= 0.6 is 11.3 Å². The van der Waals surface area contributed by atoms with Crippen molar-refractivity contribution in [2.24, 2.45) is 0 Å². The van der Waals surface area contributed by atoms with Crippen LogP contribution in [0.15, 0.2) is 67.0 Å². The van der Waals surface area contributed by atoms with E-state index in [-0.39, 0.29) is 18.1 Å². The second-order valence-electron chi connectivity index (χ2n) is 6.47. The highest BCUT2D eigenvalue weighted by molar-refractivity contribution is 7.22. The van der Waals surface area contributed by atoms with Gasteiger partial charge in [0.25, 0.3) is 0 Å². The molecule has 0 atom stereocenters. The first-order valence-corrected chi connectivity index (χ1v) is 9.82. The largest absolute Gasteiger partial charge is 0.497 e. The molecule has 7 heteroatoms. The third-order valence-electron chi connectivity index (χ3n) is 4.47. The van der Waals surface area contributed by atoms with Crippen LogP contribution < -0.4 is 9.64 Å². The molecule has 146 valence electrons. The average molecular weight is 407 g/mol. The number of ether oxygens (including phenoxy) is 1. The molecule has 0 fully saturated rings. The van der Waals surface area contributed by atoms with Crippen LogP contribution in [0.2, 0.25) is 0 Å². The van der Waals surface area contributed by atoms with Gasteiger partial charge in [-0.05, 0) is 47.5 Å². The van der Waals surface area contributed by atoms with Gasteiger partial charge in [0.05, 0.1) is 30.3 Å². The maximum atomic E-state index is 13.2. The molecular weight excluding hydrogens is 389 g/mol. The zero-order valence-electron chi connectivity index (χ0n) is 15.7. The monoisotopic (exact) mass is 407 g/mol. The molecule has 0 unspecified atom stereocenters. The van der Waals surface area contributed by atoms with Crippen LogP contribution in [0, 0.1) is 5.82 Å². The summed E-state index contributed by atoms with van der Waals surface area (Å²) in [5.41, 5.74) is 2.47. The van der Waals surface area contributed by atoms with E-state index in [0.29, 0.717) is 17.4 Å². The fourth-order valence-electron chi connectivity index (χ4n) is 2.94. The van der Waals surface area contributed by atoms with Crippen molar-refractivity contribution in [1.82, 2.24) is 9.97 Å². The van der Waals surface area contributed by atoms with Crippen molar-refractivity contribution in [3.05, 3.63) is 83.9 Å². The molecular formula is C22H18FN3O2S. The van der Waals surface area contributed by atoms with E-state index in [0.717, 1.165) is 21.3 Å². The van der Waals surface area contributed by atoms with Crippen molar-refractivity contribution in [3.63, 3.8) is 0 Å². The Morgan fingerprint density at radius 1 is 1.07 bits per heavy atom. The predicted molar refractivity (Wildman–Crippen MR) is 112 cm³/mol. The summed E-state index contributed by atoms with van der Waals surface area (Å²) in [6.07, 6.45) is 3.55. The van der Waals surface area contributed by atoms with E-state index < -0.39 is 0 Å². The Morgan fingerprint density at radius 3 is 2.55 bits per heavy atom. The number of amides is 1. The second kappa shape index (κ2) is 8.36. The molecule has 0 aliphatic heterocycles. The molecule has 29 heavy (non-hydrogen) atoms. The van der Waals surface area contributed by atoms with E-state index in [1.165, 1.54) is 23.5 Å². The zero-order chi connectivity index (χ0) is 20.2. The number of halogens is 1. The molecule has 2 heterocycles. The van der Waals surface area contributed by atoms with Crippen molar-refractivity contribution in [2.45, 2.75) is 13.0 Å². The molecule has 0 N–H and O–H groups in total. The summed E-state index contributed by atoms with van der Waals surface area (Å²) < 4.78 is 19.4. The Labute approximate surface area is 171 Å². The van der Waals surface area contributed by atoms with Crippen molar-refractivity contribution in [2.75, 3.05) is 12.0 Å². The minimum atomic E-state index is -0.324. The van der Waals surface area contributed by atoms with Crippen molar-refractivity contribution in [1.29, 1.82) is 0 Å². The Kier molecular flexibility index (Phi) is 5.48. The third-order valence-corrected chi connectivity index (χ3v) is 5.53. The lowest BCUT2D eigenvalue weighted by atomic mass is 10.1. The Hall–Kier alpha value is -3.32. The first kappa shape index (κ1) is 19.0. The topological polar surface area (TPSA) is 55.3 Å². The summed E-state index contributed by atoms with van der Waals surface area (Å²) >= 11 is 1.45. The van der Waals surface area contributed by atoms with Crippen molar-refractivity contribution >= 4 is 32.6 Å². The lowest BCUT2D eigenvalue weighted by Gasteiger charge is -2.20. The van der Waals surface area contributed by atoms with Crippen LogP contribution in [0.1, 0.15) is 11.1 Å². The third kappa shape index (κ3) is 4.41. The number of anilines is 1. The van der Waals surface area contributed by atoms with Gasteiger partial charge in [0.15, 0.2) is 5.13 Å². The Balaban J connectivity index is 1.67. The van der Waals surface area contributed by atoms with E-state index in [2.05, 4.69) is 9.97 Å². The molecule has 0 spiro atoms. The number of carbonyl (C=O) groups excluding carboxylic acids is 1. The van der Waals surface area contributed by atoms with Gasteiger partial charge in [-0.1, -0.05) is 23.5 Å². The minimum Gasteiger partial charge on any atom is -0.497 e. The van der Waals surface area contributed by atoms with Gasteiger partial charge in [-0.2, -0.15) is 0 Å². The molecule has 0 aliphatic carbocycles. The molecule has 0 bridgehead atoms. The molecule has 2 aromatic carbocycles. The number of methoxy groups -OCH3 is 1. The summed E-state index contributed by atoms with van der Waals surface area (Å²) in [5, 5.41) is 0.608. The van der Waals surface area contributed by atoms with Crippen LogP contribution in [-0.2, 0) is 17.8 Å². The normalized spacial score (nSPS) is 10.8. The summed E-state index contributed by atoms with van der Waals surface area (Å²) in [5.74, 6) is 0.280. The van der Waals surface area contributed by atoms with E-state index >= 15 is 0 Å². The highest BCUT2D eigenvalue weighted by Gasteiger charge is 2.21. The van der Waals surface area contributed by atoms with Gasteiger partial charge in [-0.3, -0.25) is 14.7 Å². The predicted octanol–water partition coefficient (Wildman–Crippen LogP) is 4.61. The fourth-order valence-corrected chi connectivity index (χ4v) is 3.91. The average Bonchev–Trinajstić information content (AvgIpc) is 3.17. The van der Waals surface area contributed by atoms with Gasteiger partial charge >= 0.3 is 0 Å². The SMILES string of the molecule is COc1ccc2sc(N(Cc3ccncc3)C(=O)Cc3ccc(F)cc3)nc2c1. The van der Waals surface area contributed by atoms with Crippen LogP contribution in [0.3, 0.4) is 0 Å². The van der Waals surface area contributed by atoms with E-state index in [1.807, 2.05) is 30.3 Å². The van der Waals surface area contributed by atoms with Crippen LogP contribution in [-0.4, -0.2) is 23.0 Å². The lowest BCUT2D eigenvalue weighted by Crippen LogP contribution is -2.31. The van der Waals surface area contributed by atoms with Gasteiger partial charge in [-0.15, -0.1) is 0 Å². The maximum absolute atomic E-state index is 13.2. The van der Waals surface area contributed by atoms with Crippen molar-refractivity contribution < 1.29 is 13.9 Å². The quantitative estimate of drug-likeness (QED) is 0.468. The minimum absolute atomic E-state index is 0.112. The second-order valence-corrected chi connectivity index (χ2v) is 7.48. The summed E-state index contributed by atoms with van der Waals surface area (Å²) in [4.78, 5) is 23.5. The van der Waals surface area contributed by atoms with Gasteiger partial charge in [-0.25, -0.2) is 9.37 Å². The number of benzene rings is 2. The molecule has 4 aromatic rings. The Bertz CT molecular complexity index is 1130. The summed E-state index contributed by atoms with van der Waals surface area (Å²) in [6, 6.07) is 15.4. The number of nitrogens with zero attached hydrogens (tertiary/aromatic N) is 3. The first-order chi connectivity index (χ1) is 14.1. The van der Waals surface area contributed by atoms with Crippen molar-refractivity contribution in [3.8, 4) is 5.75 Å². The smallest absolute Gasteiger partial charge is 0.233 e. The summed E-state index contributed by atoms with van der Waals surface area (Å²) in [7, 11) is 1.61. The molecule has 0 saturated carbocycles. The molecule has 1 amide bonds. The highest BCUT2D eigenvalue weighted by atomic mass is 32.1.